The standard InChI is InChI=1S/C3H8N2OS/c1-2(7-5)3(4)6/h6H,4-5H2,1H3/b3-2+. The average Bonchev–Trinajstić information content (AvgIpc) is 1.65. The summed E-state index contributed by atoms with van der Waals surface area (Å²) in [6.07, 6.45) is 0. The molecule has 0 amide bonds. The smallest absolute Gasteiger partial charge is 0.192 e. The molecule has 0 aliphatic carbocycles. The van der Waals surface area contributed by atoms with Gasteiger partial charge >= 0.3 is 0 Å². The van der Waals surface area contributed by atoms with Gasteiger partial charge in [-0.1, -0.05) is 0 Å². The molecule has 0 unspecified atom stereocenters. The van der Waals surface area contributed by atoms with E-state index in [0.29, 0.717) is 4.91 Å². The van der Waals surface area contributed by atoms with Crippen LogP contribution in [0.1, 0.15) is 6.92 Å². The molecule has 5 N–H and O–H groups in total. The van der Waals surface area contributed by atoms with E-state index in [9.17, 15) is 0 Å². The highest BCUT2D eigenvalue weighted by atomic mass is 32.2. The van der Waals surface area contributed by atoms with Gasteiger partial charge < -0.3 is 10.8 Å². The summed E-state index contributed by atoms with van der Waals surface area (Å²) in [5, 5.41) is 13.4. The third-order valence-corrected chi connectivity index (χ3v) is 1.10. The van der Waals surface area contributed by atoms with Gasteiger partial charge in [-0.05, 0) is 18.9 Å². The molecule has 0 radical (unpaired) electrons. The second-order valence-electron chi connectivity index (χ2n) is 1.06. The van der Waals surface area contributed by atoms with Crippen LogP contribution in [0.25, 0.3) is 0 Å². The Morgan fingerprint density at radius 2 is 2.14 bits per heavy atom. The Kier molecular flexibility index (Phi) is 2.62. The molecule has 0 aliphatic heterocycles. The number of allylic oxidation sites excluding steroid dienone is 1. The summed E-state index contributed by atoms with van der Waals surface area (Å²) >= 11 is 0.937. The maximum absolute atomic E-state index is 8.38. The van der Waals surface area contributed by atoms with E-state index < -0.39 is 0 Å². The van der Waals surface area contributed by atoms with Crippen molar-refractivity contribution in [2.24, 2.45) is 10.9 Å². The van der Waals surface area contributed by atoms with Gasteiger partial charge in [-0.25, -0.2) is 0 Å². The largest absolute Gasteiger partial charge is 0.494 e. The van der Waals surface area contributed by atoms with Crippen LogP contribution in [-0.2, 0) is 0 Å². The highest BCUT2D eigenvalue weighted by Crippen LogP contribution is 2.05. The zero-order valence-corrected chi connectivity index (χ0v) is 4.83. The summed E-state index contributed by atoms with van der Waals surface area (Å²) in [7, 11) is 0. The number of aliphatic hydroxyl groups is 1. The number of hydrogen-bond donors (Lipinski definition) is 3. The number of nitrogens with two attached hydrogens (primary N) is 2. The summed E-state index contributed by atoms with van der Waals surface area (Å²) in [5.41, 5.74) is 4.88. The Morgan fingerprint density at radius 3 is 2.14 bits per heavy atom. The third kappa shape index (κ3) is 2.36. The molecule has 0 aromatic rings. The van der Waals surface area contributed by atoms with Crippen molar-refractivity contribution < 1.29 is 5.11 Å². The van der Waals surface area contributed by atoms with E-state index in [-0.39, 0.29) is 5.88 Å². The van der Waals surface area contributed by atoms with Crippen LogP contribution in [-0.4, -0.2) is 5.11 Å². The van der Waals surface area contributed by atoms with E-state index in [1.807, 2.05) is 0 Å². The molecule has 42 valence electrons. The highest BCUT2D eigenvalue weighted by Gasteiger charge is 1.88. The Bertz CT molecular complexity index is 86.9. The SMILES string of the molecule is C/C(SN)=C(/N)O. The Labute approximate surface area is 46.5 Å². The molecule has 0 saturated heterocycles. The predicted molar refractivity (Wildman–Crippen MR) is 31.3 cm³/mol. The lowest BCUT2D eigenvalue weighted by molar-refractivity contribution is 0.403. The number of aliphatic hydroxyl groups excluding tert-OH is 1. The zero-order chi connectivity index (χ0) is 5.86. The number of hydrogen-bond acceptors (Lipinski definition) is 4. The van der Waals surface area contributed by atoms with E-state index in [2.05, 4.69) is 0 Å². The predicted octanol–water partition coefficient (Wildman–Crippen LogP) is 0.299. The molecule has 0 fully saturated rings. The first-order valence-corrected chi connectivity index (χ1v) is 2.58. The van der Waals surface area contributed by atoms with Crippen LogP contribution >= 0.6 is 11.9 Å². The van der Waals surface area contributed by atoms with Crippen LogP contribution in [0.3, 0.4) is 0 Å². The van der Waals surface area contributed by atoms with Crippen LogP contribution in [0.4, 0.5) is 0 Å². The van der Waals surface area contributed by atoms with Gasteiger partial charge in [-0.15, -0.1) is 0 Å². The maximum Gasteiger partial charge on any atom is 0.192 e. The fourth-order valence-electron chi connectivity index (χ4n) is 0.0604. The molecule has 0 saturated carbocycles. The number of rotatable bonds is 1. The van der Waals surface area contributed by atoms with Gasteiger partial charge in [0.25, 0.3) is 0 Å². The Morgan fingerprint density at radius 1 is 1.71 bits per heavy atom. The fourth-order valence-corrected chi connectivity index (χ4v) is 0.181. The van der Waals surface area contributed by atoms with Crippen molar-refractivity contribution in [1.82, 2.24) is 0 Å². The highest BCUT2D eigenvalue weighted by molar-refractivity contribution is 8.00. The molecule has 0 atom stereocenters. The second kappa shape index (κ2) is 2.76. The van der Waals surface area contributed by atoms with Crippen LogP contribution in [0, 0.1) is 0 Å². The lowest BCUT2D eigenvalue weighted by Crippen LogP contribution is -1.97. The summed E-state index contributed by atoms with van der Waals surface area (Å²) < 4.78 is 0. The lowest BCUT2D eigenvalue weighted by Gasteiger charge is -1.92. The van der Waals surface area contributed by atoms with E-state index in [0.717, 1.165) is 11.9 Å². The summed E-state index contributed by atoms with van der Waals surface area (Å²) in [5.74, 6) is -0.201. The summed E-state index contributed by atoms with van der Waals surface area (Å²) in [6, 6.07) is 0. The van der Waals surface area contributed by atoms with Crippen molar-refractivity contribution >= 4 is 11.9 Å². The van der Waals surface area contributed by atoms with Gasteiger partial charge in [0.05, 0.1) is 4.91 Å². The molecule has 0 heterocycles. The molecule has 4 heteroatoms. The normalized spacial score (nSPS) is 13.4. The molecule has 0 aromatic carbocycles. The van der Waals surface area contributed by atoms with Crippen LogP contribution in [0.15, 0.2) is 10.8 Å². The molecular weight excluding hydrogens is 112 g/mol. The first kappa shape index (κ1) is 6.65. The van der Waals surface area contributed by atoms with Gasteiger partial charge in [0, 0.05) is 0 Å². The lowest BCUT2D eigenvalue weighted by atomic mass is 10.7. The average molecular weight is 120 g/mol. The molecule has 3 nitrogen and oxygen atoms in total. The minimum Gasteiger partial charge on any atom is -0.494 e. The molecule has 0 rings (SSSR count). The second-order valence-corrected chi connectivity index (χ2v) is 1.91. The Hall–Kier alpha value is -0.350. The van der Waals surface area contributed by atoms with E-state index in [1.54, 1.807) is 6.92 Å². The molecule has 0 spiro atoms. The van der Waals surface area contributed by atoms with Gasteiger partial charge in [0.2, 0.25) is 0 Å². The third-order valence-electron chi connectivity index (χ3n) is 0.537. The molecule has 0 aliphatic rings. The monoisotopic (exact) mass is 120 g/mol. The quantitative estimate of drug-likeness (QED) is 0.344. The van der Waals surface area contributed by atoms with Crippen molar-refractivity contribution in [2.45, 2.75) is 6.92 Å². The summed E-state index contributed by atoms with van der Waals surface area (Å²) in [4.78, 5) is 0.542. The topological polar surface area (TPSA) is 72.3 Å². The minimum absolute atomic E-state index is 0.201. The molecular formula is C3H8N2OS. The van der Waals surface area contributed by atoms with E-state index in [4.69, 9.17) is 16.0 Å². The van der Waals surface area contributed by atoms with Crippen LogP contribution in [0.2, 0.25) is 0 Å². The van der Waals surface area contributed by atoms with E-state index >= 15 is 0 Å². The van der Waals surface area contributed by atoms with Crippen molar-refractivity contribution in [1.29, 1.82) is 0 Å². The molecule has 0 bridgehead atoms. The van der Waals surface area contributed by atoms with Gasteiger partial charge in [-0.2, -0.15) is 0 Å². The molecule has 0 aromatic heterocycles. The first-order valence-electron chi connectivity index (χ1n) is 1.70. The maximum atomic E-state index is 8.38. The summed E-state index contributed by atoms with van der Waals surface area (Å²) in [6.45, 7) is 1.64. The van der Waals surface area contributed by atoms with Crippen molar-refractivity contribution in [3.05, 3.63) is 10.8 Å². The van der Waals surface area contributed by atoms with Crippen molar-refractivity contribution in [3.8, 4) is 0 Å². The molecule has 7 heavy (non-hydrogen) atoms. The minimum atomic E-state index is -0.201. The van der Waals surface area contributed by atoms with Gasteiger partial charge in [0.15, 0.2) is 5.88 Å². The van der Waals surface area contributed by atoms with Crippen LogP contribution < -0.4 is 10.9 Å². The fraction of sp³-hybridized carbons (Fsp3) is 0.333. The zero-order valence-electron chi connectivity index (χ0n) is 4.01. The van der Waals surface area contributed by atoms with Crippen LogP contribution in [0.5, 0.6) is 0 Å². The Balaban J connectivity index is 3.72. The first-order chi connectivity index (χ1) is 3.18. The van der Waals surface area contributed by atoms with E-state index in [1.165, 1.54) is 0 Å². The van der Waals surface area contributed by atoms with Crippen molar-refractivity contribution in [3.63, 3.8) is 0 Å². The van der Waals surface area contributed by atoms with Gasteiger partial charge in [-0.3, -0.25) is 5.14 Å². The van der Waals surface area contributed by atoms with Crippen molar-refractivity contribution in [2.75, 3.05) is 0 Å². The van der Waals surface area contributed by atoms with Gasteiger partial charge in [0.1, 0.15) is 0 Å².